The maximum absolute atomic E-state index is 14.0. The number of nitrogens with zero attached hydrogens (tertiary/aromatic N) is 5. The van der Waals surface area contributed by atoms with Gasteiger partial charge in [0.1, 0.15) is 10.3 Å². The lowest BCUT2D eigenvalue weighted by molar-refractivity contribution is -0.390. The molecule has 7 rings (SSSR count). The first kappa shape index (κ1) is 23.3. The van der Waals surface area contributed by atoms with Crippen LogP contribution in [0.3, 0.4) is 0 Å². The van der Waals surface area contributed by atoms with Gasteiger partial charge in [-0.2, -0.15) is 9.78 Å². The average Bonchev–Trinajstić information content (AvgIpc) is 3.40. The smallest absolute Gasteiger partial charge is 0.358 e. The van der Waals surface area contributed by atoms with E-state index >= 15 is 0 Å². The number of benzene rings is 1. The summed E-state index contributed by atoms with van der Waals surface area (Å²) >= 11 is 3.30. The second-order valence-electron chi connectivity index (χ2n) is 10.9. The molecule has 188 valence electrons. The van der Waals surface area contributed by atoms with Crippen molar-refractivity contribution in [2.24, 2.45) is 17.3 Å². The minimum Gasteiger partial charge on any atom is -0.358 e. The Kier molecular flexibility index (Phi) is 5.51. The highest BCUT2D eigenvalue weighted by molar-refractivity contribution is 9.10. The molecule has 2 unspecified atom stereocenters. The molecule has 3 aromatic rings. The molecule has 36 heavy (non-hydrogen) atoms. The van der Waals surface area contributed by atoms with E-state index in [4.69, 9.17) is 0 Å². The molecule has 4 fully saturated rings. The van der Waals surface area contributed by atoms with Crippen LogP contribution >= 0.6 is 15.9 Å². The van der Waals surface area contributed by atoms with Crippen molar-refractivity contribution in [3.8, 4) is 0 Å². The summed E-state index contributed by atoms with van der Waals surface area (Å²) in [5.41, 5.74) is 0.0855. The molecule has 4 bridgehead atoms. The summed E-state index contributed by atoms with van der Waals surface area (Å²) in [6.07, 6.45) is 9.65. The Morgan fingerprint density at radius 1 is 1.19 bits per heavy atom. The van der Waals surface area contributed by atoms with Crippen LogP contribution < -0.4 is 5.32 Å². The van der Waals surface area contributed by atoms with Gasteiger partial charge in [0.2, 0.25) is 5.91 Å². The zero-order valence-electron chi connectivity index (χ0n) is 19.6. The zero-order valence-corrected chi connectivity index (χ0v) is 21.2. The van der Waals surface area contributed by atoms with Gasteiger partial charge in [0.15, 0.2) is 5.82 Å². The van der Waals surface area contributed by atoms with Crippen molar-refractivity contribution < 1.29 is 14.1 Å². The molecule has 0 spiro atoms. The Morgan fingerprint density at radius 2 is 1.94 bits per heavy atom. The minimum absolute atomic E-state index is 0.0872. The Labute approximate surface area is 215 Å². The van der Waals surface area contributed by atoms with Crippen LogP contribution in [0.1, 0.15) is 50.5 Å². The van der Waals surface area contributed by atoms with Gasteiger partial charge in [-0.15, -0.1) is 0 Å². The largest absolute Gasteiger partial charge is 0.404 e. The standard InChI is InChI=1S/C25H26BrFN6O3/c26-19-14-32(30-23(19)33(35)36)25-10-16-7-17(11-25)9-24(8-16,15-25)12-22(34)28-21-5-6-31(29-21)13-18-3-1-2-4-20(18)27/h1-6,14,16-17H,7-13,15H2,(H,28,29,34). The number of nitro groups is 1. The van der Waals surface area contributed by atoms with E-state index in [0.29, 0.717) is 34.1 Å². The van der Waals surface area contributed by atoms with E-state index in [9.17, 15) is 19.3 Å². The van der Waals surface area contributed by atoms with Crippen molar-refractivity contribution in [1.82, 2.24) is 19.6 Å². The number of anilines is 1. The lowest BCUT2D eigenvalue weighted by Crippen LogP contribution is -2.57. The predicted molar refractivity (Wildman–Crippen MR) is 133 cm³/mol. The monoisotopic (exact) mass is 556 g/mol. The Morgan fingerprint density at radius 3 is 2.64 bits per heavy atom. The zero-order chi connectivity index (χ0) is 25.1. The number of halogens is 2. The lowest BCUT2D eigenvalue weighted by Gasteiger charge is -2.61. The number of aromatic nitrogens is 4. The third-order valence-electron chi connectivity index (χ3n) is 8.20. The molecular formula is C25H26BrFN6O3. The molecule has 0 aliphatic heterocycles. The second kappa shape index (κ2) is 8.50. The Hall–Kier alpha value is -3.08. The number of hydrogen-bond acceptors (Lipinski definition) is 5. The van der Waals surface area contributed by atoms with Crippen molar-refractivity contribution in [2.45, 2.75) is 57.0 Å². The quantitative estimate of drug-likeness (QED) is 0.315. The highest BCUT2D eigenvalue weighted by atomic mass is 79.9. The lowest BCUT2D eigenvalue weighted by atomic mass is 9.46. The van der Waals surface area contributed by atoms with Crippen LogP contribution in [0.2, 0.25) is 0 Å². The van der Waals surface area contributed by atoms with Crippen LogP contribution in [0.25, 0.3) is 0 Å². The molecule has 2 heterocycles. The van der Waals surface area contributed by atoms with E-state index in [-0.39, 0.29) is 35.0 Å². The molecule has 4 saturated carbocycles. The summed E-state index contributed by atoms with van der Waals surface area (Å²) < 4.78 is 17.8. The van der Waals surface area contributed by atoms with Crippen LogP contribution in [-0.2, 0) is 16.9 Å². The second-order valence-corrected chi connectivity index (χ2v) is 11.8. The first-order valence-corrected chi connectivity index (χ1v) is 13.0. The Balaban J connectivity index is 1.17. The Bertz CT molecular complexity index is 1340. The first-order valence-electron chi connectivity index (χ1n) is 12.2. The van der Waals surface area contributed by atoms with Gasteiger partial charge in [-0.3, -0.25) is 9.48 Å². The van der Waals surface area contributed by atoms with Crippen LogP contribution in [0.4, 0.5) is 16.0 Å². The van der Waals surface area contributed by atoms with Crippen molar-refractivity contribution in [3.63, 3.8) is 0 Å². The van der Waals surface area contributed by atoms with Gasteiger partial charge in [0.05, 0.1) is 23.4 Å². The molecule has 0 saturated heterocycles. The van der Waals surface area contributed by atoms with Crippen molar-refractivity contribution in [2.75, 3.05) is 5.32 Å². The molecule has 11 heteroatoms. The van der Waals surface area contributed by atoms with Gasteiger partial charge in [-0.25, -0.2) is 4.39 Å². The molecule has 9 nitrogen and oxygen atoms in total. The number of carbonyl (C=O) groups is 1. The maximum Gasteiger partial charge on any atom is 0.404 e. The fourth-order valence-electron chi connectivity index (χ4n) is 7.43. The van der Waals surface area contributed by atoms with Gasteiger partial charge in [-0.1, -0.05) is 18.2 Å². The van der Waals surface area contributed by atoms with Crippen molar-refractivity contribution in [1.29, 1.82) is 0 Å². The van der Waals surface area contributed by atoms with E-state index in [1.54, 1.807) is 41.3 Å². The highest BCUT2D eigenvalue weighted by Gasteiger charge is 2.60. The van der Waals surface area contributed by atoms with Gasteiger partial charge >= 0.3 is 5.82 Å². The van der Waals surface area contributed by atoms with E-state index in [2.05, 4.69) is 31.4 Å². The van der Waals surface area contributed by atoms with Crippen molar-refractivity contribution >= 4 is 33.5 Å². The molecule has 1 aromatic carbocycles. The number of carbonyl (C=O) groups excluding carboxylic acids is 1. The van der Waals surface area contributed by atoms with E-state index in [0.717, 1.165) is 38.5 Å². The molecule has 4 aliphatic rings. The van der Waals surface area contributed by atoms with Crippen LogP contribution in [0.15, 0.2) is 47.2 Å². The number of amides is 1. The summed E-state index contributed by atoms with van der Waals surface area (Å²) in [5.74, 6) is 0.882. The fraction of sp³-hybridized carbons (Fsp3) is 0.480. The average molecular weight is 557 g/mol. The third kappa shape index (κ3) is 4.12. The molecule has 2 aromatic heterocycles. The van der Waals surface area contributed by atoms with E-state index in [1.165, 1.54) is 6.07 Å². The molecule has 1 N–H and O–H groups in total. The maximum atomic E-state index is 14.0. The molecule has 1 amide bonds. The summed E-state index contributed by atoms with van der Waals surface area (Å²) in [5, 5.41) is 23.1. The number of hydrogen-bond donors (Lipinski definition) is 1. The van der Waals surface area contributed by atoms with Crippen LogP contribution in [0, 0.1) is 33.2 Å². The summed E-state index contributed by atoms with van der Waals surface area (Å²) in [6.45, 7) is 0.282. The minimum atomic E-state index is -0.463. The normalized spacial score (nSPS) is 28.4. The summed E-state index contributed by atoms with van der Waals surface area (Å²) in [4.78, 5) is 24.1. The molecular weight excluding hydrogens is 531 g/mol. The molecule has 4 aliphatic carbocycles. The van der Waals surface area contributed by atoms with Gasteiger partial charge in [0, 0.05) is 24.2 Å². The molecule has 0 radical (unpaired) electrons. The third-order valence-corrected chi connectivity index (χ3v) is 8.76. The van der Waals surface area contributed by atoms with E-state index < -0.39 is 4.92 Å². The van der Waals surface area contributed by atoms with Gasteiger partial charge < -0.3 is 15.4 Å². The predicted octanol–water partition coefficient (Wildman–Crippen LogP) is 5.26. The summed E-state index contributed by atoms with van der Waals surface area (Å²) in [7, 11) is 0. The van der Waals surface area contributed by atoms with Gasteiger partial charge in [0.25, 0.3) is 0 Å². The van der Waals surface area contributed by atoms with Crippen molar-refractivity contribution in [3.05, 3.63) is 68.7 Å². The molecule has 2 atom stereocenters. The number of nitrogens with one attached hydrogen (secondary N) is 1. The topological polar surface area (TPSA) is 108 Å². The highest BCUT2D eigenvalue weighted by Crippen LogP contribution is 2.65. The number of rotatable bonds is 7. The fourth-order valence-corrected chi connectivity index (χ4v) is 7.85. The van der Waals surface area contributed by atoms with E-state index in [1.807, 2.05) is 4.68 Å². The SMILES string of the molecule is O=C(CC12CC3CC(C1)CC(n1cc(Br)c([N+](=O)[O-])n1)(C3)C2)Nc1ccn(Cc2ccccc2F)n1. The van der Waals surface area contributed by atoms with Crippen LogP contribution in [0.5, 0.6) is 0 Å². The van der Waals surface area contributed by atoms with Gasteiger partial charge in [-0.05, 0) is 82.7 Å². The van der Waals surface area contributed by atoms with Crippen LogP contribution in [-0.4, -0.2) is 30.4 Å². The first-order chi connectivity index (χ1) is 17.2. The summed E-state index contributed by atoms with van der Waals surface area (Å²) in [6, 6.07) is 8.28.